The van der Waals surface area contributed by atoms with Gasteiger partial charge in [0.05, 0.1) is 36.2 Å². The second-order valence-corrected chi connectivity index (χ2v) is 21.8. The Morgan fingerprint density at radius 2 is 1.43 bits per heavy atom. The summed E-state index contributed by atoms with van der Waals surface area (Å²) in [6.45, 7) is 31.5. The van der Waals surface area contributed by atoms with E-state index in [1.54, 1.807) is 0 Å². The normalized spacial score (nSPS) is 15.7. The number of nitrogens with one attached hydrogen (secondary N) is 3. The first-order valence-corrected chi connectivity index (χ1v) is 28.4. The van der Waals surface area contributed by atoms with E-state index in [4.69, 9.17) is 28.9 Å². The van der Waals surface area contributed by atoms with Gasteiger partial charge in [0.15, 0.2) is 6.29 Å². The maximum absolute atomic E-state index is 14.7. The molecule has 0 radical (unpaired) electrons. The molecular weight excluding hydrogens is 939 g/mol. The van der Waals surface area contributed by atoms with Crippen LogP contribution in [0.25, 0.3) is 39.3 Å². The number of aromatic nitrogens is 4. The zero-order valence-corrected chi connectivity index (χ0v) is 48.2. The molecule has 0 saturated carbocycles. The van der Waals surface area contributed by atoms with Crippen LogP contribution in [0.3, 0.4) is 0 Å². The van der Waals surface area contributed by atoms with Crippen molar-refractivity contribution >= 4 is 57.1 Å². The van der Waals surface area contributed by atoms with Gasteiger partial charge in [-0.3, -0.25) is 19.4 Å². The van der Waals surface area contributed by atoms with Gasteiger partial charge in [-0.1, -0.05) is 105 Å². The third kappa shape index (κ3) is 16.8. The Hall–Kier alpha value is -5.33. The van der Waals surface area contributed by atoms with Crippen molar-refractivity contribution in [2.75, 3.05) is 33.5 Å². The highest BCUT2D eigenvalue weighted by Crippen LogP contribution is 2.44. The number of carbonyl (C=O) groups excluding carboxylic acids is 3. The summed E-state index contributed by atoms with van der Waals surface area (Å²) in [5.74, 6) is 0.663. The van der Waals surface area contributed by atoms with Crippen LogP contribution in [0.15, 0.2) is 36.4 Å². The molecule has 4 unspecified atom stereocenters. The second kappa shape index (κ2) is 29.8. The van der Waals surface area contributed by atoms with E-state index in [1.807, 2.05) is 39.0 Å². The molecule has 12 nitrogen and oxygen atoms in total. The molecule has 3 N–H and O–H groups in total. The van der Waals surface area contributed by atoms with Gasteiger partial charge in [0.2, 0.25) is 0 Å². The Morgan fingerprint density at radius 1 is 0.773 bits per heavy atom. The van der Waals surface area contributed by atoms with E-state index < -0.39 is 5.97 Å². The Balaban J connectivity index is 1.48. The van der Waals surface area contributed by atoms with Crippen molar-refractivity contribution < 1.29 is 33.3 Å². The van der Waals surface area contributed by atoms with E-state index in [0.717, 1.165) is 81.1 Å². The number of aryl methyl sites for hydroxylation is 3. The minimum atomic E-state index is -0.496. The number of aromatic amines is 2. The molecule has 2 aliphatic heterocycles. The van der Waals surface area contributed by atoms with Crippen LogP contribution in [0.1, 0.15) is 215 Å². The third-order valence-corrected chi connectivity index (χ3v) is 15.6. The van der Waals surface area contributed by atoms with Gasteiger partial charge in [-0.2, -0.15) is 0 Å². The summed E-state index contributed by atoms with van der Waals surface area (Å²) in [7, 11) is 1.36. The van der Waals surface area contributed by atoms with Gasteiger partial charge in [-0.25, -0.2) is 4.98 Å². The summed E-state index contributed by atoms with van der Waals surface area (Å²) in [6, 6.07) is 6.19. The zero-order valence-electron chi connectivity index (χ0n) is 48.2. The molecule has 3 aromatic heterocycles. The molecule has 0 aromatic carbocycles. The molecule has 5 rings (SSSR count). The van der Waals surface area contributed by atoms with Crippen molar-refractivity contribution in [1.29, 1.82) is 0 Å². The lowest BCUT2D eigenvalue weighted by Crippen LogP contribution is -2.27. The van der Waals surface area contributed by atoms with E-state index in [0.29, 0.717) is 78.7 Å². The van der Waals surface area contributed by atoms with Crippen LogP contribution in [-0.4, -0.2) is 77.5 Å². The van der Waals surface area contributed by atoms with E-state index >= 15 is 0 Å². The first-order valence-electron chi connectivity index (χ1n) is 28.4. The van der Waals surface area contributed by atoms with Crippen LogP contribution in [0.5, 0.6) is 0 Å². The number of H-pyrrole nitrogens is 2. The van der Waals surface area contributed by atoms with Crippen molar-refractivity contribution in [3.8, 4) is 0 Å². The first kappa shape index (κ1) is 60.5. The van der Waals surface area contributed by atoms with Gasteiger partial charge in [-0.05, 0) is 138 Å². The number of fused-ring (bicyclic) bond motifs is 8. The van der Waals surface area contributed by atoms with Gasteiger partial charge in [0.25, 0.3) is 5.91 Å². The summed E-state index contributed by atoms with van der Waals surface area (Å²) in [4.78, 5) is 60.0. The molecule has 0 saturated heterocycles. The number of esters is 2. The minimum absolute atomic E-state index is 0.132. The fourth-order valence-corrected chi connectivity index (χ4v) is 10.9. The summed E-state index contributed by atoms with van der Waals surface area (Å²) in [6.07, 6.45) is 17.1. The molecule has 2 aliphatic rings. The van der Waals surface area contributed by atoms with Gasteiger partial charge in [0.1, 0.15) is 6.61 Å². The lowest BCUT2D eigenvalue weighted by atomic mass is 9.84. The predicted octanol–water partition coefficient (Wildman–Crippen LogP) is 14.7. The molecule has 3 aromatic rings. The summed E-state index contributed by atoms with van der Waals surface area (Å²) < 4.78 is 22.8. The van der Waals surface area contributed by atoms with Crippen LogP contribution in [0, 0.1) is 31.6 Å². The molecule has 0 aliphatic carbocycles. The molecule has 5 heterocycles. The van der Waals surface area contributed by atoms with Crippen LogP contribution in [0.4, 0.5) is 0 Å². The van der Waals surface area contributed by atoms with Gasteiger partial charge in [0, 0.05) is 83.3 Å². The average Bonchev–Trinajstić information content (AvgIpc) is 4.06. The Bertz CT molecular complexity index is 2650. The summed E-state index contributed by atoms with van der Waals surface area (Å²) in [5, 5.41) is 3.16. The number of carbonyl (C=O) groups is 3. The monoisotopic (exact) mass is 1030 g/mol. The lowest BCUT2D eigenvalue weighted by Gasteiger charge is -2.19. The molecule has 412 valence electrons. The predicted molar refractivity (Wildman–Crippen MR) is 307 cm³/mol. The molecule has 0 fully saturated rings. The maximum Gasteiger partial charge on any atom is 0.310 e. The van der Waals surface area contributed by atoms with E-state index in [2.05, 4.69) is 96.3 Å². The number of ether oxygens (including phenoxy) is 4. The Kier molecular flexibility index (Phi) is 24.1. The van der Waals surface area contributed by atoms with Gasteiger partial charge < -0.3 is 34.2 Å². The number of nitrogens with zero attached hydrogens (tertiary/aromatic N) is 2. The van der Waals surface area contributed by atoms with Crippen molar-refractivity contribution in [3.63, 3.8) is 0 Å². The summed E-state index contributed by atoms with van der Waals surface area (Å²) in [5.41, 5.74) is 12.9. The summed E-state index contributed by atoms with van der Waals surface area (Å²) >= 11 is 0. The van der Waals surface area contributed by atoms with Crippen molar-refractivity contribution in [1.82, 2.24) is 25.3 Å². The smallest absolute Gasteiger partial charge is 0.310 e. The largest absolute Gasteiger partial charge is 0.469 e. The quantitative estimate of drug-likeness (QED) is 0.0256. The second-order valence-electron chi connectivity index (χ2n) is 21.8. The highest BCUT2D eigenvalue weighted by Gasteiger charge is 2.36. The van der Waals surface area contributed by atoms with E-state index in [-0.39, 0.29) is 49.5 Å². The maximum atomic E-state index is 14.7. The minimum Gasteiger partial charge on any atom is -0.469 e. The van der Waals surface area contributed by atoms with Crippen molar-refractivity contribution in [3.05, 3.63) is 87.0 Å². The van der Waals surface area contributed by atoms with Crippen LogP contribution >= 0.6 is 0 Å². The van der Waals surface area contributed by atoms with Crippen LogP contribution in [0.2, 0.25) is 0 Å². The standard InChI is InChI=1S/C63H93N5O7/c1-15-47-43(10)51-36-53-45(12)49(30-31-57(69)75-34-32-42(9)28-21-27-41(8)26-20-25-40(7)24-19-23-39(5)6)61(67-53)50(35-58(70)72-14)62-60(63(71)64-33-22-29-59(73-17-3)74-18-4)46(13)54(68-62)38-56-48(16-2)44(11)52(66-56)37-55(47)65-51/h15,32,36-41,45,49,59,65-66H,1,16-31,33-35H2,2-14H3,(H,64,71)/b42-32+,51-36?,52-37?,53-36?,54-38?,55-37?,56-38?,61-50?,62-50?. The van der Waals surface area contributed by atoms with E-state index in [9.17, 15) is 14.4 Å². The Morgan fingerprint density at radius 3 is 2.07 bits per heavy atom. The molecule has 75 heavy (non-hydrogen) atoms. The lowest BCUT2D eigenvalue weighted by molar-refractivity contribution is -0.143. The molecule has 1 amide bonds. The molecule has 4 atom stereocenters. The average molecular weight is 1030 g/mol. The molecule has 12 heteroatoms. The Labute approximate surface area is 449 Å². The van der Waals surface area contributed by atoms with Crippen LogP contribution < -0.4 is 5.32 Å². The fourth-order valence-electron chi connectivity index (χ4n) is 10.9. The number of methoxy groups -OCH3 is 1. The van der Waals surface area contributed by atoms with Crippen LogP contribution in [-0.2, 0) is 46.2 Å². The van der Waals surface area contributed by atoms with E-state index in [1.165, 1.54) is 57.6 Å². The fraction of sp³-hybridized carbons (Fsp3) is 0.603. The van der Waals surface area contributed by atoms with Gasteiger partial charge >= 0.3 is 11.9 Å². The molecule has 8 bridgehead atoms. The SMILES string of the molecule is C=Cc1c(C)c2cc3nc(c(CC(=O)OC)c4nc(cc5[nH]c(cc1[nH]2)c(C)c5CC)C(C)=C4C(=O)NCCCC(OCC)OCC)C(CCC(=O)OC/C=C(\C)CCCC(C)CCCC(C)CCCC(C)C)C3C. The highest BCUT2D eigenvalue weighted by atomic mass is 16.7. The number of hydrogen-bond donors (Lipinski definition) is 3. The number of allylic oxidation sites excluding steroid dienone is 2. The third-order valence-electron chi connectivity index (χ3n) is 15.6. The topological polar surface area (TPSA) is 158 Å². The number of amides is 1. The molecule has 0 spiro atoms. The van der Waals surface area contributed by atoms with Crippen molar-refractivity contribution in [2.45, 2.75) is 198 Å². The van der Waals surface area contributed by atoms with Gasteiger partial charge in [-0.15, -0.1) is 0 Å². The highest BCUT2D eigenvalue weighted by molar-refractivity contribution is 6.27. The zero-order chi connectivity index (χ0) is 54.8. The number of hydrogen-bond acceptors (Lipinski definition) is 9. The van der Waals surface area contributed by atoms with Crippen molar-refractivity contribution in [2.24, 2.45) is 17.8 Å². The first-order chi connectivity index (χ1) is 35.9. The number of rotatable bonds is 30. The molecular formula is C63H93N5O7.